The Morgan fingerprint density at radius 3 is 2.24 bits per heavy atom. The Hall–Kier alpha value is -3.44. The van der Waals surface area contributed by atoms with E-state index in [-0.39, 0.29) is 11.8 Å². The number of ether oxygens (including phenoxy) is 1. The van der Waals surface area contributed by atoms with Gasteiger partial charge in [-0.3, -0.25) is 4.79 Å². The lowest BCUT2D eigenvalue weighted by atomic mass is 9.89. The molecule has 1 heterocycles. The summed E-state index contributed by atoms with van der Waals surface area (Å²) in [5.41, 5.74) is 4.39. The molecule has 0 amide bonds. The van der Waals surface area contributed by atoms with Crippen molar-refractivity contribution in [2.75, 3.05) is 6.54 Å². The van der Waals surface area contributed by atoms with Gasteiger partial charge >= 0.3 is 0 Å². The molecule has 168 valence electrons. The highest BCUT2D eigenvalue weighted by molar-refractivity contribution is 7.80. The quantitative estimate of drug-likeness (QED) is 0.329. The first-order valence-electron chi connectivity index (χ1n) is 11.2. The highest BCUT2D eigenvalue weighted by Crippen LogP contribution is 2.33. The van der Waals surface area contributed by atoms with Crippen molar-refractivity contribution < 1.29 is 9.53 Å². The lowest BCUT2D eigenvalue weighted by Crippen LogP contribution is -2.47. The summed E-state index contributed by atoms with van der Waals surface area (Å²) in [6, 6.07) is 27.1. The highest BCUT2D eigenvalue weighted by atomic mass is 32.1. The second-order valence-corrected chi connectivity index (χ2v) is 8.46. The number of hydrogen-bond acceptors (Lipinski definition) is 3. The Labute approximate surface area is 200 Å². The van der Waals surface area contributed by atoms with Crippen molar-refractivity contribution in [3.05, 3.63) is 113 Å². The smallest absolute Gasteiger partial charge is 0.193 e. The molecule has 1 N–H and O–H groups in total. The van der Waals surface area contributed by atoms with Gasteiger partial charge in [0.15, 0.2) is 10.9 Å². The average Bonchev–Trinajstić information content (AvgIpc) is 2.86. The van der Waals surface area contributed by atoms with E-state index in [0.717, 1.165) is 41.1 Å². The summed E-state index contributed by atoms with van der Waals surface area (Å²) >= 11 is 5.67. The zero-order valence-electron chi connectivity index (χ0n) is 19.0. The van der Waals surface area contributed by atoms with Crippen molar-refractivity contribution in [1.29, 1.82) is 0 Å². The molecule has 1 aliphatic rings. The number of allylic oxidation sites excluding steroid dienone is 1. The number of nitrogens with one attached hydrogen (secondary N) is 1. The van der Waals surface area contributed by atoms with Crippen LogP contribution in [-0.4, -0.2) is 22.3 Å². The Bertz CT molecular complexity index is 1140. The van der Waals surface area contributed by atoms with Crippen LogP contribution in [0.3, 0.4) is 0 Å². The zero-order chi connectivity index (χ0) is 23.2. The lowest BCUT2D eigenvalue weighted by Gasteiger charge is -2.38. The Morgan fingerprint density at radius 1 is 0.970 bits per heavy atom. The lowest BCUT2D eigenvalue weighted by molar-refractivity contribution is 0.102. The molecule has 5 heteroatoms. The molecule has 0 bridgehead atoms. The van der Waals surface area contributed by atoms with E-state index in [9.17, 15) is 4.79 Å². The largest absolute Gasteiger partial charge is 0.489 e. The molecule has 0 radical (unpaired) electrons. The predicted octanol–water partition coefficient (Wildman–Crippen LogP) is 6.06. The van der Waals surface area contributed by atoms with E-state index in [1.807, 2.05) is 96.8 Å². The van der Waals surface area contributed by atoms with E-state index in [0.29, 0.717) is 17.3 Å². The molecule has 0 fully saturated rings. The number of Topliss-reactive ketones (excluding diaryl/α,β-unsaturated/α-hetero) is 1. The van der Waals surface area contributed by atoms with E-state index < -0.39 is 0 Å². The minimum Gasteiger partial charge on any atom is -0.489 e. The second kappa shape index (κ2) is 10.5. The van der Waals surface area contributed by atoms with Crippen LogP contribution in [0, 0.1) is 0 Å². The topological polar surface area (TPSA) is 41.6 Å². The Morgan fingerprint density at radius 2 is 1.61 bits per heavy atom. The number of hydrogen-bond donors (Lipinski definition) is 1. The molecule has 4 rings (SSSR count). The van der Waals surface area contributed by atoms with E-state index in [1.165, 1.54) is 0 Å². The molecule has 0 spiro atoms. The van der Waals surface area contributed by atoms with Crippen LogP contribution >= 0.6 is 12.2 Å². The van der Waals surface area contributed by atoms with Gasteiger partial charge in [0.2, 0.25) is 0 Å². The summed E-state index contributed by atoms with van der Waals surface area (Å²) in [4.78, 5) is 15.6. The first kappa shape index (κ1) is 22.7. The van der Waals surface area contributed by atoms with E-state index in [4.69, 9.17) is 17.0 Å². The van der Waals surface area contributed by atoms with Gasteiger partial charge in [-0.1, -0.05) is 79.7 Å². The normalized spacial score (nSPS) is 15.9. The standard InChI is InChI=1S/C28H28N2O2S/c1-3-18-30-20(2)25(27(31)23-12-8-5-9-13-23)26(29-28(30)33)22-14-16-24(17-15-22)32-19-21-10-6-4-7-11-21/h4-17,26H,3,18-19H2,1-2H3,(H,29,33). The number of nitrogens with zero attached hydrogens (tertiary/aromatic N) is 1. The van der Waals surface area contributed by atoms with Gasteiger partial charge in [0.05, 0.1) is 6.04 Å². The van der Waals surface area contributed by atoms with Crippen LogP contribution in [-0.2, 0) is 6.61 Å². The zero-order valence-corrected chi connectivity index (χ0v) is 19.8. The van der Waals surface area contributed by atoms with Gasteiger partial charge in [-0.05, 0) is 48.8 Å². The third-order valence-electron chi connectivity index (χ3n) is 5.79. The van der Waals surface area contributed by atoms with E-state index in [2.05, 4.69) is 12.2 Å². The summed E-state index contributed by atoms with van der Waals surface area (Å²) in [6.07, 6.45) is 0.935. The van der Waals surface area contributed by atoms with Gasteiger partial charge < -0.3 is 15.0 Å². The van der Waals surface area contributed by atoms with Crippen LogP contribution in [0.5, 0.6) is 5.75 Å². The van der Waals surface area contributed by atoms with Crippen LogP contribution in [0.4, 0.5) is 0 Å². The fourth-order valence-electron chi connectivity index (χ4n) is 4.06. The van der Waals surface area contributed by atoms with Crippen molar-refractivity contribution in [3.63, 3.8) is 0 Å². The van der Waals surface area contributed by atoms with Crippen molar-refractivity contribution in [3.8, 4) is 5.75 Å². The molecule has 0 saturated carbocycles. The Kier molecular flexibility index (Phi) is 7.20. The van der Waals surface area contributed by atoms with Gasteiger partial charge in [-0.15, -0.1) is 0 Å². The van der Waals surface area contributed by atoms with Crippen molar-refractivity contribution in [2.24, 2.45) is 0 Å². The summed E-state index contributed by atoms with van der Waals surface area (Å²) in [5.74, 6) is 0.795. The molecule has 3 aromatic carbocycles. The van der Waals surface area contributed by atoms with Crippen molar-refractivity contribution in [2.45, 2.75) is 32.9 Å². The highest BCUT2D eigenvalue weighted by Gasteiger charge is 2.33. The van der Waals surface area contributed by atoms with E-state index >= 15 is 0 Å². The van der Waals surface area contributed by atoms with Crippen LogP contribution in [0.15, 0.2) is 96.2 Å². The maximum absolute atomic E-state index is 13.6. The fraction of sp³-hybridized carbons (Fsp3) is 0.214. The van der Waals surface area contributed by atoms with Crippen LogP contribution < -0.4 is 10.1 Å². The second-order valence-electron chi connectivity index (χ2n) is 8.07. The van der Waals surface area contributed by atoms with E-state index in [1.54, 1.807) is 0 Å². The molecular formula is C28H28N2O2S. The third kappa shape index (κ3) is 5.15. The number of carbonyl (C=O) groups excluding carboxylic acids is 1. The summed E-state index contributed by atoms with van der Waals surface area (Å²) in [6.45, 7) is 5.37. The SMILES string of the molecule is CCCN1C(=S)NC(c2ccc(OCc3ccccc3)cc2)C(C(=O)c2ccccc2)=C1C. The predicted molar refractivity (Wildman–Crippen MR) is 136 cm³/mol. The minimum absolute atomic E-state index is 0.0126. The van der Waals surface area contributed by atoms with Crippen LogP contribution in [0.2, 0.25) is 0 Å². The number of carbonyl (C=O) groups is 1. The van der Waals surface area contributed by atoms with Crippen molar-refractivity contribution in [1.82, 2.24) is 10.2 Å². The molecule has 1 atom stereocenters. The summed E-state index contributed by atoms with van der Waals surface area (Å²) in [5, 5.41) is 4.06. The molecule has 1 aliphatic heterocycles. The van der Waals surface area contributed by atoms with Gasteiger partial charge in [-0.2, -0.15) is 0 Å². The average molecular weight is 457 g/mol. The maximum atomic E-state index is 13.6. The summed E-state index contributed by atoms with van der Waals surface area (Å²) in [7, 11) is 0. The molecule has 0 aliphatic carbocycles. The van der Waals surface area contributed by atoms with Gasteiger partial charge in [0, 0.05) is 23.4 Å². The number of benzene rings is 3. The first-order chi connectivity index (χ1) is 16.1. The van der Waals surface area contributed by atoms with Crippen LogP contribution in [0.1, 0.15) is 47.8 Å². The number of thiocarbonyl (C=S) groups is 1. The Balaban J connectivity index is 1.62. The third-order valence-corrected chi connectivity index (χ3v) is 6.12. The van der Waals surface area contributed by atoms with Crippen molar-refractivity contribution >= 4 is 23.1 Å². The molecule has 4 nitrogen and oxygen atoms in total. The van der Waals surface area contributed by atoms with Gasteiger partial charge in [-0.25, -0.2) is 0 Å². The molecule has 0 saturated heterocycles. The minimum atomic E-state index is -0.318. The van der Waals surface area contributed by atoms with Gasteiger partial charge in [0.25, 0.3) is 0 Å². The maximum Gasteiger partial charge on any atom is 0.193 e. The summed E-state index contributed by atoms with van der Waals surface area (Å²) < 4.78 is 5.94. The molecule has 1 unspecified atom stereocenters. The molecule has 33 heavy (non-hydrogen) atoms. The molecular weight excluding hydrogens is 428 g/mol. The van der Waals surface area contributed by atoms with Crippen LogP contribution in [0.25, 0.3) is 0 Å². The fourth-order valence-corrected chi connectivity index (χ4v) is 4.41. The number of rotatable bonds is 8. The molecule has 0 aromatic heterocycles. The monoisotopic (exact) mass is 456 g/mol. The first-order valence-corrected chi connectivity index (χ1v) is 11.6. The molecule has 3 aromatic rings. The van der Waals surface area contributed by atoms with Gasteiger partial charge in [0.1, 0.15) is 12.4 Å². The number of ketones is 1.